The topological polar surface area (TPSA) is 58.6 Å². The lowest BCUT2D eigenvalue weighted by Gasteiger charge is -2.32. The fraction of sp³-hybridized carbons (Fsp3) is 0.391. The van der Waals surface area contributed by atoms with Gasteiger partial charge in [0.25, 0.3) is 11.8 Å². The Morgan fingerprint density at radius 3 is 2.38 bits per heavy atom. The molecule has 1 N–H and O–H groups in total. The number of nitrogens with zero attached hydrogens (tertiary/aromatic N) is 1. The van der Waals surface area contributed by atoms with E-state index in [0.717, 1.165) is 35.1 Å². The van der Waals surface area contributed by atoms with E-state index in [2.05, 4.69) is 5.32 Å². The van der Waals surface area contributed by atoms with Gasteiger partial charge >= 0.3 is 0 Å². The summed E-state index contributed by atoms with van der Waals surface area (Å²) in [6.45, 7) is 7.03. The van der Waals surface area contributed by atoms with Gasteiger partial charge in [0.15, 0.2) is 6.61 Å². The highest BCUT2D eigenvalue weighted by molar-refractivity contribution is 6.32. The molecule has 0 unspecified atom stereocenters. The number of nitrogens with one attached hydrogen (secondary N) is 1. The molecule has 6 heteroatoms. The first-order valence-corrected chi connectivity index (χ1v) is 10.3. The molecule has 29 heavy (non-hydrogen) atoms. The number of carbonyl (C=O) groups is 2. The molecule has 0 atom stereocenters. The third kappa shape index (κ3) is 5.51. The first-order chi connectivity index (χ1) is 13.8. The van der Waals surface area contributed by atoms with Gasteiger partial charge in [0.1, 0.15) is 5.75 Å². The number of likely N-dealkylation sites (tertiary alicyclic amines) is 1. The maximum Gasteiger partial charge on any atom is 0.258 e. The quantitative estimate of drug-likeness (QED) is 0.802. The first-order valence-electron chi connectivity index (χ1n) is 9.88. The van der Waals surface area contributed by atoms with E-state index < -0.39 is 0 Å². The molecular formula is C23H27ClN2O3. The summed E-state index contributed by atoms with van der Waals surface area (Å²) in [6, 6.07) is 11.4. The summed E-state index contributed by atoms with van der Waals surface area (Å²) < 4.78 is 5.62. The van der Waals surface area contributed by atoms with Crippen LogP contribution in [0.3, 0.4) is 0 Å². The number of rotatable bonds is 5. The van der Waals surface area contributed by atoms with Crippen LogP contribution < -0.4 is 10.1 Å². The zero-order valence-electron chi connectivity index (χ0n) is 17.1. The van der Waals surface area contributed by atoms with Crippen LogP contribution in [0, 0.1) is 20.8 Å². The second kappa shape index (κ2) is 9.31. The van der Waals surface area contributed by atoms with Gasteiger partial charge in [-0.05, 0) is 69.0 Å². The van der Waals surface area contributed by atoms with Gasteiger partial charge in [-0.1, -0.05) is 29.3 Å². The molecule has 1 saturated heterocycles. The standard InChI is InChI=1S/C23H27ClN2O3/c1-15-5-4-6-18(11-15)23(28)26-9-7-19(8-10-26)25-21(27)14-29-20-12-16(2)22(24)17(3)13-20/h4-6,11-13,19H,7-10,14H2,1-3H3,(H,25,27). The molecule has 1 fully saturated rings. The summed E-state index contributed by atoms with van der Waals surface area (Å²) in [5.74, 6) is 0.534. The van der Waals surface area contributed by atoms with Crippen molar-refractivity contribution in [1.82, 2.24) is 10.2 Å². The van der Waals surface area contributed by atoms with Crippen LogP contribution in [0.25, 0.3) is 0 Å². The first kappa shape index (κ1) is 21.2. The Morgan fingerprint density at radius 2 is 1.76 bits per heavy atom. The summed E-state index contributed by atoms with van der Waals surface area (Å²) in [4.78, 5) is 26.7. The summed E-state index contributed by atoms with van der Waals surface area (Å²) in [5, 5.41) is 3.73. The molecule has 3 rings (SSSR count). The maximum absolute atomic E-state index is 12.6. The minimum Gasteiger partial charge on any atom is -0.484 e. The Hall–Kier alpha value is -2.53. The van der Waals surface area contributed by atoms with Crippen molar-refractivity contribution >= 4 is 23.4 Å². The van der Waals surface area contributed by atoms with Gasteiger partial charge in [0.05, 0.1) is 0 Å². The summed E-state index contributed by atoms with van der Waals surface area (Å²) in [5.41, 5.74) is 3.64. The summed E-state index contributed by atoms with van der Waals surface area (Å²) in [7, 11) is 0. The van der Waals surface area contributed by atoms with E-state index in [-0.39, 0.29) is 24.5 Å². The van der Waals surface area contributed by atoms with Gasteiger partial charge < -0.3 is 15.0 Å². The lowest BCUT2D eigenvalue weighted by atomic mass is 10.0. The third-order valence-corrected chi connectivity index (χ3v) is 5.79. The molecule has 154 valence electrons. The number of amides is 2. The van der Waals surface area contributed by atoms with Gasteiger partial charge in [-0.2, -0.15) is 0 Å². The Balaban J connectivity index is 1.45. The number of benzene rings is 2. The van der Waals surface area contributed by atoms with Crippen LogP contribution in [0.5, 0.6) is 5.75 Å². The molecule has 0 spiro atoms. The molecule has 0 radical (unpaired) electrons. The lowest BCUT2D eigenvalue weighted by Crippen LogP contribution is -2.47. The molecule has 2 amide bonds. The van der Waals surface area contributed by atoms with Crippen molar-refractivity contribution < 1.29 is 14.3 Å². The maximum atomic E-state index is 12.6. The average molecular weight is 415 g/mol. The fourth-order valence-electron chi connectivity index (χ4n) is 3.60. The molecule has 0 aliphatic carbocycles. The van der Waals surface area contributed by atoms with Crippen LogP contribution in [0.1, 0.15) is 39.9 Å². The van der Waals surface area contributed by atoms with E-state index in [1.807, 2.05) is 62.1 Å². The van der Waals surface area contributed by atoms with E-state index in [1.54, 1.807) is 0 Å². The normalized spacial score (nSPS) is 14.6. The Kier molecular flexibility index (Phi) is 6.80. The number of halogens is 1. The minimum absolute atomic E-state index is 0.0387. The molecule has 5 nitrogen and oxygen atoms in total. The zero-order valence-corrected chi connectivity index (χ0v) is 17.9. The minimum atomic E-state index is -0.154. The highest BCUT2D eigenvalue weighted by Crippen LogP contribution is 2.25. The van der Waals surface area contributed by atoms with Crippen molar-refractivity contribution in [2.45, 2.75) is 39.7 Å². The molecule has 2 aromatic rings. The highest BCUT2D eigenvalue weighted by Gasteiger charge is 2.24. The van der Waals surface area contributed by atoms with Crippen LogP contribution in [0.2, 0.25) is 5.02 Å². The molecule has 1 aliphatic heterocycles. The number of ether oxygens (including phenoxy) is 1. The molecule has 1 aliphatic rings. The Morgan fingerprint density at radius 1 is 1.10 bits per heavy atom. The number of hydrogen-bond acceptors (Lipinski definition) is 3. The van der Waals surface area contributed by atoms with Crippen LogP contribution in [0.15, 0.2) is 36.4 Å². The van der Waals surface area contributed by atoms with Gasteiger partial charge in [-0.3, -0.25) is 9.59 Å². The predicted octanol–water partition coefficient (Wildman–Crippen LogP) is 4.07. The number of aryl methyl sites for hydroxylation is 3. The van der Waals surface area contributed by atoms with E-state index in [9.17, 15) is 9.59 Å². The second-order valence-corrected chi connectivity index (χ2v) is 8.04. The van der Waals surface area contributed by atoms with Crippen LogP contribution in [0.4, 0.5) is 0 Å². The van der Waals surface area contributed by atoms with Crippen LogP contribution >= 0.6 is 11.6 Å². The number of piperidine rings is 1. The van der Waals surface area contributed by atoms with Crippen molar-refractivity contribution in [2.75, 3.05) is 19.7 Å². The third-order valence-electron chi connectivity index (χ3n) is 5.19. The zero-order chi connectivity index (χ0) is 21.0. The molecule has 0 bridgehead atoms. The van der Waals surface area contributed by atoms with Crippen LogP contribution in [-0.2, 0) is 4.79 Å². The molecular weight excluding hydrogens is 388 g/mol. The average Bonchev–Trinajstić information content (AvgIpc) is 2.70. The summed E-state index contributed by atoms with van der Waals surface area (Å²) in [6.07, 6.45) is 1.48. The van der Waals surface area contributed by atoms with E-state index >= 15 is 0 Å². The SMILES string of the molecule is Cc1cccc(C(=O)N2CCC(NC(=O)COc3cc(C)c(Cl)c(C)c3)CC2)c1. The van der Waals surface area contributed by atoms with Crippen molar-refractivity contribution in [2.24, 2.45) is 0 Å². The van der Waals surface area contributed by atoms with Crippen molar-refractivity contribution in [3.8, 4) is 5.75 Å². The Labute approximate surface area is 177 Å². The van der Waals surface area contributed by atoms with Crippen molar-refractivity contribution in [3.05, 3.63) is 63.7 Å². The smallest absolute Gasteiger partial charge is 0.258 e. The molecule has 2 aromatic carbocycles. The van der Waals surface area contributed by atoms with Crippen LogP contribution in [-0.4, -0.2) is 42.5 Å². The van der Waals surface area contributed by atoms with E-state index in [0.29, 0.717) is 23.9 Å². The molecule has 0 aromatic heterocycles. The molecule has 0 saturated carbocycles. The van der Waals surface area contributed by atoms with Gasteiger partial charge in [-0.15, -0.1) is 0 Å². The number of hydrogen-bond donors (Lipinski definition) is 1. The largest absolute Gasteiger partial charge is 0.484 e. The van der Waals surface area contributed by atoms with Gasteiger partial charge in [-0.25, -0.2) is 0 Å². The monoisotopic (exact) mass is 414 g/mol. The Bertz CT molecular complexity index is 882. The van der Waals surface area contributed by atoms with Crippen molar-refractivity contribution in [3.63, 3.8) is 0 Å². The number of carbonyl (C=O) groups excluding carboxylic acids is 2. The van der Waals surface area contributed by atoms with Gasteiger partial charge in [0, 0.05) is 29.7 Å². The summed E-state index contributed by atoms with van der Waals surface area (Å²) >= 11 is 6.16. The van der Waals surface area contributed by atoms with Gasteiger partial charge in [0.2, 0.25) is 0 Å². The van der Waals surface area contributed by atoms with E-state index in [1.165, 1.54) is 0 Å². The predicted molar refractivity (Wildman–Crippen MR) is 115 cm³/mol. The van der Waals surface area contributed by atoms with E-state index in [4.69, 9.17) is 16.3 Å². The lowest BCUT2D eigenvalue weighted by molar-refractivity contribution is -0.124. The highest BCUT2D eigenvalue weighted by atomic mass is 35.5. The fourth-order valence-corrected chi connectivity index (χ4v) is 3.70. The molecule has 1 heterocycles. The van der Waals surface area contributed by atoms with Crippen molar-refractivity contribution in [1.29, 1.82) is 0 Å². The second-order valence-electron chi connectivity index (χ2n) is 7.66.